The highest BCUT2D eigenvalue weighted by Gasteiger charge is 2.13. The van der Waals surface area contributed by atoms with Crippen LogP contribution in [-0.4, -0.2) is 31.4 Å². The van der Waals surface area contributed by atoms with Gasteiger partial charge in [0.15, 0.2) is 19.5 Å². The molecule has 0 aliphatic heterocycles. The molecule has 0 saturated carbocycles. The zero-order valence-electron chi connectivity index (χ0n) is 14.1. The van der Waals surface area contributed by atoms with Crippen LogP contribution in [0, 0.1) is 0 Å². The van der Waals surface area contributed by atoms with E-state index in [1.54, 1.807) is 49.4 Å². The summed E-state index contributed by atoms with van der Waals surface area (Å²) in [5, 5.41) is 3.28. The lowest BCUT2D eigenvalue weighted by Crippen LogP contribution is -2.32. The molecule has 26 heavy (non-hydrogen) atoms. The third-order valence-electron chi connectivity index (χ3n) is 3.48. The molecule has 0 aromatic heterocycles. The second kappa shape index (κ2) is 9.58. The van der Waals surface area contributed by atoms with Gasteiger partial charge in [-0.1, -0.05) is 35.9 Å². The second-order valence-electron chi connectivity index (χ2n) is 5.45. The van der Waals surface area contributed by atoms with Crippen molar-refractivity contribution in [2.75, 3.05) is 13.2 Å². The minimum Gasteiger partial charge on any atom is -0.481 e. The summed E-state index contributed by atoms with van der Waals surface area (Å²) in [4.78, 5) is 34.4. The Labute approximate surface area is 156 Å². The first-order chi connectivity index (χ1) is 12.5. The van der Waals surface area contributed by atoms with E-state index in [2.05, 4.69) is 5.32 Å². The van der Waals surface area contributed by atoms with Crippen LogP contribution in [0.5, 0.6) is 5.75 Å². The van der Waals surface area contributed by atoms with Crippen LogP contribution in [-0.2, 0) is 14.3 Å². The number of para-hydroxylation sites is 1. The van der Waals surface area contributed by atoms with Gasteiger partial charge in [-0.25, -0.2) is 4.79 Å². The Morgan fingerprint density at radius 3 is 2.65 bits per heavy atom. The SMILES string of the molecule is C[C@H](NC(=O)COC(=O)COc1ccccc1C=O)c1cccc(Cl)c1. The Hall–Kier alpha value is -2.86. The van der Waals surface area contributed by atoms with E-state index in [0.717, 1.165) is 5.56 Å². The van der Waals surface area contributed by atoms with E-state index < -0.39 is 25.1 Å². The van der Waals surface area contributed by atoms with Gasteiger partial charge in [0.05, 0.1) is 11.6 Å². The fourth-order valence-corrected chi connectivity index (χ4v) is 2.37. The van der Waals surface area contributed by atoms with E-state index in [4.69, 9.17) is 21.1 Å². The van der Waals surface area contributed by atoms with Crippen LogP contribution in [0.1, 0.15) is 28.9 Å². The topological polar surface area (TPSA) is 81.7 Å². The number of esters is 1. The van der Waals surface area contributed by atoms with Gasteiger partial charge in [0, 0.05) is 5.02 Å². The average molecular weight is 376 g/mol. The first kappa shape index (κ1) is 19.5. The summed E-state index contributed by atoms with van der Waals surface area (Å²) in [5.41, 5.74) is 1.17. The van der Waals surface area contributed by atoms with Crippen molar-refractivity contribution in [3.8, 4) is 5.75 Å². The van der Waals surface area contributed by atoms with Crippen LogP contribution in [0.3, 0.4) is 0 Å². The smallest absolute Gasteiger partial charge is 0.344 e. The van der Waals surface area contributed by atoms with Gasteiger partial charge < -0.3 is 14.8 Å². The normalized spacial score (nSPS) is 11.3. The van der Waals surface area contributed by atoms with Crippen LogP contribution in [0.15, 0.2) is 48.5 Å². The summed E-state index contributed by atoms with van der Waals surface area (Å²) >= 11 is 5.92. The second-order valence-corrected chi connectivity index (χ2v) is 5.89. The molecule has 0 heterocycles. The van der Waals surface area contributed by atoms with Crippen LogP contribution < -0.4 is 10.1 Å². The molecule has 7 heteroatoms. The Bertz CT molecular complexity index is 793. The molecule has 0 fully saturated rings. The van der Waals surface area contributed by atoms with E-state index in [1.807, 2.05) is 6.07 Å². The number of halogens is 1. The number of hydrogen-bond donors (Lipinski definition) is 1. The summed E-state index contributed by atoms with van der Waals surface area (Å²) in [6, 6.07) is 13.3. The Balaban J connectivity index is 1.76. The summed E-state index contributed by atoms with van der Waals surface area (Å²) in [5.74, 6) is -0.881. The van der Waals surface area contributed by atoms with Gasteiger partial charge in [-0.2, -0.15) is 0 Å². The highest BCUT2D eigenvalue weighted by molar-refractivity contribution is 6.30. The number of carbonyl (C=O) groups is 3. The minimum absolute atomic E-state index is 0.276. The molecule has 0 bridgehead atoms. The largest absolute Gasteiger partial charge is 0.481 e. The van der Waals surface area contributed by atoms with Crippen molar-refractivity contribution >= 4 is 29.8 Å². The van der Waals surface area contributed by atoms with Crippen LogP contribution >= 0.6 is 11.6 Å². The molecule has 1 atom stereocenters. The number of hydrogen-bond acceptors (Lipinski definition) is 5. The lowest BCUT2D eigenvalue weighted by molar-refractivity contribution is -0.150. The molecule has 0 spiro atoms. The van der Waals surface area contributed by atoms with Crippen molar-refractivity contribution in [2.45, 2.75) is 13.0 Å². The number of ether oxygens (including phenoxy) is 2. The van der Waals surface area contributed by atoms with Gasteiger partial charge >= 0.3 is 5.97 Å². The van der Waals surface area contributed by atoms with Gasteiger partial charge in [-0.15, -0.1) is 0 Å². The number of nitrogens with one attached hydrogen (secondary N) is 1. The van der Waals surface area contributed by atoms with Crippen LogP contribution in [0.4, 0.5) is 0 Å². The Kier molecular flexibility index (Phi) is 7.17. The summed E-state index contributed by atoms with van der Waals surface area (Å²) < 4.78 is 10.1. The molecule has 2 aromatic rings. The molecule has 2 rings (SSSR count). The zero-order chi connectivity index (χ0) is 18.9. The van der Waals surface area contributed by atoms with Crippen molar-refractivity contribution in [3.05, 3.63) is 64.7 Å². The average Bonchev–Trinajstić information content (AvgIpc) is 2.64. The monoisotopic (exact) mass is 375 g/mol. The fraction of sp³-hybridized carbons (Fsp3) is 0.211. The molecule has 1 N–H and O–H groups in total. The number of rotatable bonds is 8. The third kappa shape index (κ3) is 5.89. The predicted molar refractivity (Wildman–Crippen MR) is 96.3 cm³/mol. The van der Waals surface area contributed by atoms with Gasteiger partial charge in [0.25, 0.3) is 5.91 Å². The van der Waals surface area contributed by atoms with Crippen molar-refractivity contribution in [3.63, 3.8) is 0 Å². The molecule has 136 valence electrons. The number of benzene rings is 2. The van der Waals surface area contributed by atoms with Crippen LogP contribution in [0.25, 0.3) is 0 Å². The lowest BCUT2D eigenvalue weighted by atomic mass is 10.1. The molecule has 0 radical (unpaired) electrons. The molecule has 0 unspecified atom stereocenters. The lowest BCUT2D eigenvalue weighted by Gasteiger charge is -2.15. The number of amides is 1. The van der Waals surface area contributed by atoms with E-state index in [9.17, 15) is 14.4 Å². The first-order valence-corrected chi connectivity index (χ1v) is 8.25. The summed E-state index contributed by atoms with van der Waals surface area (Å²) in [6.45, 7) is 0.968. The third-order valence-corrected chi connectivity index (χ3v) is 3.72. The van der Waals surface area contributed by atoms with E-state index in [0.29, 0.717) is 16.9 Å². The molecule has 1 amide bonds. The predicted octanol–water partition coefficient (Wildman–Crippen LogP) is 2.95. The quantitative estimate of drug-likeness (QED) is 0.566. The van der Waals surface area contributed by atoms with Crippen molar-refractivity contribution in [1.29, 1.82) is 0 Å². The van der Waals surface area contributed by atoms with Crippen molar-refractivity contribution < 1.29 is 23.9 Å². The maximum absolute atomic E-state index is 11.9. The standard InChI is InChI=1S/C19H18ClNO5/c1-13(14-6-4-7-16(20)9-14)21-18(23)11-26-19(24)12-25-17-8-3-2-5-15(17)10-22/h2-10,13H,11-12H2,1H3,(H,21,23)/t13-/m0/s1. The maximum Gasteiger partial charge on any atom is 0.344 e. The van der Waals surface area contributed by atoms with Crippen molar-refractivity contribution in [2.24, 2.45) is 0 Å². The van der Waals surface area contributed by atoms with E-state index in [1.165, 1.54) is 0 Å². The molecular weight excluding hydrogens is 358 g/mol. The minimum atomic E-state index is -0.712. The number of carbonyl (C=O) groups excluding carboxylic acids is 3. The zero-order valence-corrected chi connectivity index (χ0v) is 14.9. The van der Waals surface area contributed by atoms with Crippen LogP contribution in [0.2, 0.25) is 5.02 Å². The molecule has 0 saturated heterocycles. The molecule has 0 aliphatic carbocycles. The van der Waals surface area contributed by atoms with E-state index >= 15 is 0 Å². The van der Waals surface area contributed by atoms with Gasteiger partial charge in [0.2, 0.25) is 0 Å². The highest BCUT2D eigenvalue weighted by atomic mass is 35.5. The maximum atomic E-state index is 11.9. The Morgan fingerprint density at radius 1 is 1.15 bits per heavy atom. The molecule has 0 aliphatic rings. The Morgan fingerprint density at radius 2 is 1.92 bits per heavy atom. The van der Waals surface area contributed by atoms with Gasteiger partial charge in [0.1, 0.15) is 5.75 Å². The van der Waals surface area contributed by atoms with Gasteiger partial charge in [-0.3, -0.25) is 9.59 Å². The molecule has 6 nitrogen and oxygen atoms in total. The summed E-state index contributed by atoms with van der Waals surface area (Å²) in [6.07, 6.45) is 0.630. The molecular formula is C19H18ClNO5. The molecule has 2 aromatic carbocycles. The van der Waals surface area contributed by atoms with E-state index in [-0.39, 0.29) is 11.8 Å². The fourth-order valence-electron chi connectivity index (χ4n) is 2.18. The van der Waals surface area contributed by atoms with Crippen molar-refractivity contribution in [1.82, 2.24) is 5.32 Å². The number of aldehydes is 1. The van der Waals surface area contributed by atoms with Gasteiger partial charge in [-0.05, 0) is 36.8 Å². The first-order valence-electron chi connectivity index (χ1n) is 7.87. The summed E-state index contributed by atoms with van der Waals surface area (Å²) in [7, 11) is 0. The highest BCUT2D eigenvalue weighted by Crippen LogP contribution is 2.17.